The van der Waals surface area contributed by atoms with Gasteiger partial charge in [0, 0.05) is 71.4 Å². The minimum Gasteiger partial charge on any atom is -0.746 e. The van der Waals surface area contributed by atoms with E-state index in [0.717, 1.165) is 34.9 Å². The van der Waals surface area contributed by atoms with Gasteiger partial charge in [-0.1, -0.05) is 72.8 Å². The normalized spacial score (nSPS) is 22.1. The summed E-state index contributed by atoms with van der Waals surface area (Å²) in [6, 6.07) is 29.5. The van der Waals surface area contributed by atoms with Crippen molar-refractivity contribution in [1.82, 2.24) is 30.4 Å². The molecule has 79 heavy (non-hydrogen) atoms. The molecule has 4 aliphatic rings. The number of ketones is 2. The Labute approximate surface area is 500 Å². The number of methoxy groups -OCH3 is 2. The topological polar surface area (TPSA) is 278 Å². The van der Waals surface area contributed by atoms with Crippen molar-refractivity contribution in [3.8, 4) is 11.5 Å². The van der Waals surface area contributed by atoms with Gasteiger partial charge in [0.25, 0.3) is 11.8 Å². The van der Waals surface area contributed by atoms with E-state index in [0.29, 0.717) is 79.5 Å². The maximum Gasteiger partial charge on any atom is 1.00 e. The van der Waals surface area contributed by atoms with Crippen LogP contribution >= 0.6 is 0 Å². The summed E-state index contributed by atoms with van der Waals surface area (Å²) in [7, 11) is -2.09. The van der Waals surface area contributed by atoms with Gasteiger partial charge in [0.05, 0.1) is 26.3 Å². The largest absolute Gasteiger partial charge is 1.00 e. The van der Waals surface area contributed by atoms with Crippen LogP contribution in [0.25, 0.3) is 21.8 Å². The number of benzene rings is 4. The van der Waals surface area contributed by atoms with E-state index in [2.05, 4.69) is 20.6 Å². The number of nitrogens with one attached hydrogen (secondary N) is 4. The standard InChI is InChI=1S/C29H33N3O8S.C29H31N3O5.K/c1-40-26-12-6-10-21-20(26)15-22(30-21)28(35)32-16-19(17-7-3-2-4-8-17)14-24(32)27(34)31-23(29(36)41(37,38)39)13-18-9-5-11-25(18)33;1-37-27-12-6-10-23-22(27)15-24(31-23)29(36)32-16-20(18-7-3-2-4-8-18)14-25(32)28(35)30-21(17-33)13-19-9-5-11-26(19)34;/h2-4,6-8,10,12,15,18-19,23-24,29-30,36H,5,9,11,13-14,16H2,1H3,(H,31,34)(H,37,38,39);2-4,6-8,10,12,15,17,19-21,25,31H,5,9,11,13-14,16H2,1H3,(H,30,35);/q;;+1/p-1/t18-,19+,23-,24-,29?;19-,20+,21-,25-;/m00./s1. The van der Waals surface area contributed by atoms with Crippen molar-refractivity contribution in [2.75, 3.05) is 27.3 Å². The molecule has 2 aliphatic carbocycles. The molecule has 0 bridgehead atoms. The number of rotatable bonds is 17. The summed E-state index contributed by atoms with van der Waals surface area (Å²) in [5.74, 6) is -1.52. The number of H-pyrrole nitrogens is 2. The quantitative estimate of drug-likeness (QED) is 0.0500. The van der Waals surface area contributed by atoms with Gasteiger partial charge in [-0.15, -0.1) is 0 Å². The Kier molecular flexibility index (Phi) is 19.5. The fourth-order valence-corrected chi connectivity index (χ4v) is 12.3. The molecule has 4 amide bonds. The number of hydrogen-bond donors (Lipinski definition) is 5. The van der Waals surface area contributed by atoms with E-state index in [9.17, 15) is 51.6 Å². The number of carbonyl (C=O) groups excluding carboxylic acids is 7. The third-order valence-electron chi connectivity index (χ3n) is 15.8. The van der Waals surface area contributed by atoms with Crippen LogP contribution in [0.5, 0.6) is 11.5 Å². The Morgan fingerprint density at radius 1 is 0.684 bits per heavy atom. The molecule has 0 radical (unpaired) electrons. The molecule has 4 heterocycles. The minimum absolute atomic E-state index is 0. The average molecular weight is 1120 g/mol. The molecule has 410 valence electrons. The molecule has 5 N–H and O–H groups in total. The predicted octanol–water partition coefficient (Wildman–Crippen LogP) is 2.90. The molecule has 10 rings (SSSR count). The average Bonchev–Trinajstić information content (AvgIpc) is 4.39. The Bertz CT molecular complexity index is 3320. The molecule has 1 unspecified atom stereocenters. The number of nitrogens with zero attached hydrogens (tertiary/aromatic N) is 2. The molecule has 4 fully saturated rings. The van der Waals surface area contributed by atoms with Crippen molar-refractivity contribution in [3.05, 3.63) is 132 Å². The van der Waals surface area contributed by atoms with Crippen molar-refractivity contribution in [3.63, 3.8) is 0 Å². The van der Waals surface area contributed by atoms with Gasteiger partial charge in [0.1, 0.15) is 62.9 Å². The van der Waals surface area contributed by atoms with Gasteiger partial charge >= 0.3 is 51.4 Å². The zero-order valence-electron chi connectivity index (χ0n) is 44.3. The molecule has 2 saturated heterocycles. The number of hydrogen-bond acceptors (Lipinski definition) is 13. The van der Waals surface area contributed by atoms with E-state index in [1.54, 1.807) is 42.3 Å². The Morgan fingerprint density at radius 3 is 1.53 bits per heavy atom. The minimum atomic E-state index is -5.20. The van der Waals surface area contributed by atoms with Crippen LogP contribution in [0.4, 0.5) is 0 Å². The number of likely N-dealkylation sites (tertiary alicyclic amines) is 2. The number of carbonyl (C=O) groups is 7. The second kappa shape index (κ2) is 26.0. The maximum absolute atomic E-state index is 13.8. The van der Waals surface area contributed by atoms with E-state index in [4.69, 9.17) is 9.47 Å². The van der Waals surface area contributed by atoms with Gasteiger partial charge in [-0.25, -0.2) is 8.42 Å². The van der Waals surface area contributed by atoms with Gasteiger partial charge in [0.2, 0.25) is 11.8 Å². The van der Waals surface area contributed by atoms with Gasteiger partial charge < -0.3 is 54.3 Å². The molecule has 2 saturated carbocycles. The summed E-state index contributed by atoms with van der Waals surface area (Å²) < 4.78 is 46.1. The zero-order valence-corrected chi connectivity index (χ0v) is 48.2. The Hall–Kier alpha value is -6.04. The van der Waals surface area contributed by atoms with Crippen molar-refractivity contribution in [2.24, 2.45) is 11.8 Å². The van der Waals surface area contributed by atoms with Gasteiger partial charge in [0.15, 0.2) is 5.44 Å². The van der Waals surface area contributed by atoms with Crippen LogP contribution in [-0.4, -0.2) is 136 Å². The number of aldehydes is 1. The second-order valence-electron chi connectivity index (χ2n) is 20.7. The molecule has 4 aromatic carbocycles. The number of aromatic nitrogens is 2. The first kappa shape index (κ1) is 59.1. The van der Waals surface area contributed by atoms with Gasteiger partial charge in [-0.05, 0) is 98.9 Å². The first-order chi connectivity index (χ1) is 37.5. The number of ether oxygens (including phenoxy) is 2. The fourth-order valence-electron chi connectivity index (χ4n) is 11.7. The summed E-state index contributed by atoms with van der Waals surface area (Å²) in [5, 5.41) is 17.2. The van der Waals surface area contributed by atoms with Crippen LogP contribution < -0.4 is 71.5 Å². The van der Waals surface area contributed by atoms with Crippen LogP contribution in [0.3, 0.4) is 0 Å². The smallest absolute Gasteiger partial charge is 0.746 e. The maximum atomic E-state index is 13.8. The summed E-state index contributed by atoms with van der Waals surface area (Å²) in [6.07, 6.45) is 5.01. The van der Waals surface area contributed by atoms with E-state index in [1.807, 2.05) is 78.9 Å². The fraction of sp³-hybridized carbons (Fsp3) is 0.397. The summed E-state index contributed by atoms with van der Waals surface area (Å²) >= 11 is 0. The van der Waals surface area contributed by atoms with Crippen LogP contribution in [0, 0.1) is 11.8 Å². The summed E-state index contributed by atoms with van der Waals surface area (Å²) in [6.45, 7) is 0.585. The van der Waals surface area contributed by atoms with Crippen molar-refractivity contribution in [2.45, 2.75) is 106 Å². The molecule has 9 atom stereocenters. The van der Waals surface area contributed by atoms with E-state index in [-0.39, 0.29) is 118 Å². The Morgan fingerprint density at radius 2 is 1.13 bits per heavy atom. The molecule has 21 heteroatoms. The molecule has 6 aromatic rings. The number of aliphatic hydroxyl groups is 1. The van der Waals surface area contributed by atoms with Crippen LogP contribution in [0.15, 0.2) is 109 Å². The third kappa shape index (κ3) is 13.4. The first-order valence-electron chi connectivity index (χ1n) is 26.3. The van der Waals surface area contributed by atoms with Gasteiger partial charge in [-0.3, -0.25) is 28.8 Å². The van der Waals surface area contributed by atoms with Gasteiger partial charge in [-0.2, -0.15) is 0 Å². The number of fused-ring (bicyclic) bond motifs is 2. The van der Waals surface area contributed by atoms with Crippen molar-refractivity contribution in [1.29, 1.82) is 0 Å². The van der Waals surface area contributed by atoms with Crippen LogP contribution in [0.2, 0.25) is 0 Å². The van der Waals surface area contributed by atoms with E-state index < -0.39 is 57.5 Å². The van der Waals surface area contributed by atoms with Crippen LogP contribution in [-0.2, 0) is 34.1 Å². The summed E-state index contributed by atoms with van der Waals surface area (Å²) in [5.41, 5.74) is 1.60. The number of aliphatic hydroxyl groups excluding tert-OH is 1. The molecule has 19 nitrogen and oxygen atoms in total. The van der Waals surface area contributed by atoms with Crippen molar-refractivity contribution < 1.29 is 112 Å². The SMILES string of the molecule is COc1cccc2[nH]c(C(=O)N3C[C@H](c4ccccc4)C[C@H]3C(=O)N[C@@H](C[C@@H]3CCCC3=O)C(O)S(=O)(=O)[O-])cc12.COc1cccc2[nH]c(C(=O)N3C[C@H](c4ccccc4)C[C@H]3C(=O)N[C@H](C=O)C[C@@H]3CCCC3=O)cc12.[K+]. The first-order valence-corrected chi connectivity index (χ1v) is 27.8. The van der Waals surface area contributed by atoms with Crippen molar-refractivity contribution >= 4 is 73.4 Å². The molecular weight excluding hydrogens is 1060 g/mol. The second-order valence-corrected chi connectivity index (χ2v) is 22.1. The molecule has 2 aliphatic heterocycles. The van der Waals surface area contributed by atoms with Crippen LogP contribution in [0.1, 0.15) is 108 Å². The third-order valence-corrected chi connectivity index (χ3v) is 16.7. The number of aromatic amines is 2. The number of Topliss-reactive ketones (excluding diaryl/α,β-unsaturated/α-hetero) is 2. The predicted molar refractivity (Wildman–Crippen MR) is 287 cm³/mol. The zero-order chi connectivity index (χ0) is 55.3. The molecule has 0 spiro atoms. The molecule has 2 aromatic heterocycles. The Balaban J connectivity index is 0.000000206. The van der Waals surface area contributed by atoms with E-state index >= 15 is 0 Å². The van der Waals surface area contributed by atoms with E-state index in [1.165, 1.54) is 12.0 Å². The monoisotopic (exact) mass is 1120 g/mol. The summed E-state index contributed by atoms with van der Waals surface area (Å²) in [4.78, 5) is 100. The number of amides is 4. The molecular formula is C58H63KN6O13S.